The molecule has 0 saturated carbocycles. The number of carbonyl (C=O) groups is 2. The zero-order valence-corrected chi connectivity index (χ0v) is 21.1. The van der Waals surface area contributed by atoms with Gasteiger partial charge in [-0.15, -0.1) is 11.3 Å². The summed E-state index contributed by atoms with van der Waals surface area (Å²) in [4.78, 5) is 32.5. The number of carbonyl (C=O) groups excluding carboxylic acids is 2. The van der Waals surface area contributed by atoms with Crippen molar-refractivity contribution in [3.63, 3.8) is 0 Å². The number of nitrogens with two attached hydrogens (primary N) is 1. The number of amides is 2. The number of nitrogens with zero attached hydrogens (tertiary/aromatic N) is 2. The largest absolute Gasteiger partial charge is 0.350 e. The van der Waals surface area contributed by atoms with Crippen LogP contribution in [0.15, 0.2) is 29.8 Å². The Morgan fingerprint density at radius 2 is 1.88 bits per heavy atom. The monoisotopic (exact) mass is 458 g/mol. The zero-order valence-electron chi connectivity index (χ0n) is 20.3. The molecule has 0 bridgehead atoms. The first-order chi connectivity index (χ1) is 15.0. The normalized spacial score (nSPS) is 16.0. The lowest BCUT2D eigenvalue weighted by Gasteiger charge is -2.27. The fraction of sp³-hybridized carbons (Fsp3) is 0.560. The Morgan fingerprint density at radius 1 is 1.25 bits per heavy atom. The fourth-order valence-corrected chi connectivity index (χ4v) is 4.36. The van der Waals surface area contributed by atoms with Gasteiger partial charge in [0.05, 0.1) is 16.1 Å². The second kappa shape index (κ2) is 11.6. The number of thiazole rings is 1. The maximum Gasteiger partial charge on any atom is 0.243 e. The van der Waals surface area contributed by atoms with Crippen LogP contribution in [0.1, 0.15) is 65.1 Å². The molecule has 0 radical (unpaired) electrons. The van der Waals surface area contributed by atoms with E-state index in [0.717, 1.165) is 29.7 Å². The Morgan fingerprint density at radius 3 is 2.41 bits per heavy atom. The Balaban J connectivity index is 0.000000837. The number of aromatic nitrogens is 1. The minimum absolute atomic E-state index is 0.0536. The lowest BCUT2D eigenvalue weighted by Crippen LogP contribution is -2.46. The van der Waals surface area contributed by atoms with E-state index < -0.39 is 0 Å². The van der Waals surface area contributed by atoms with E-state index in [1.807, 2.05) is 59.2 Å². The maximum atomic E-state index is 12.7. The van der Waals surface area contributed by atoms with Gasteiger partial charge in [-0.2, -0.15) is 0 Å². The van der Waals surface area contributed by atoms with Gasteiger partial charge in [0.2, 0.25) is 11.8 Å². The molecule has 1 aliphatic rings. The number of hydrogen-bond donors (Lipinski definition) is 2. The fourth-order valence-electron chi connectivity index (χ4n) is 3.55. The van der Waals surface area contributed by atoms with Crippen molar-refractivity contribution < 1.29 is 9.59 Å². The van der Waals surface area contributed by atoms with Crippen molar-refractivity contribution in [2.24, 2.45) is 11.1 Å². The third kappa shape index (κ3) is 8.02. The van der Waals surface area contributed by atoms with Gasteiger partial charge in [0.25, 0.3) is 0 Å². The average Bonchev–Trinajstić information content (AvgIpc) is 3.34. The molecule has 6 nitrogen and oxygen atoms in total. The van der Waals surface area contributed by atoms with Crippen molar-refractivity contribution in [1.82, 2.24) is 15.2 Å². The van der Waals surface area contributed by atoms with Crippen molar-refractivity contribution in [2.75, 3.05) is 6.54 Å². The SMILES string of the molecule is CC(C)N.Cc1ncsc1-c1ccc(CNC(=O)C2CCCN2C(=O)CC(C)(C)C)cc1. The lowest BCUT2D eigenvalue weighted by atomic mass is 9.91. The molecular formula is C25H38N4O2S. The van der Waals surface area contributed by atoms with Gasteiger partial charge in [-0.25, -0.2) is 4.98 Å². The summed E-state index contributed by atoms with van der Waals surface area (Å²) in [5.74, 6) is 0.0246. The first-order valence-corrected chi connectivity index (χ1v) is 12.2. The highest BCUT2D eigenvalue weighted by atomic mass is 32.1. The number of rotatable bonds is 5. The smallest absolute Gasteiger partial charge is 0.243 e. The molecule has 1 aromatic carbocycles. The Labute approximate surface area is 196 Å². The number of likely N-dealkylation sites (tertiary alicyclic amines) is 1. The highest BCUT2D eigenvalue weighted by Crippen LogP contribution is 2.27. The van der Waals surface area contributed by atoms with Crippen LogP contribution in [0.5, 0.6) is 0 Å². The lowest BCUT2D eigenvalue weighted by molar-refractivity contribution is -0.139. The molecule has 1 fully saturated rings. The summed E-state index contributed by atoms with van der Waals surface area (Å²) in [5, 5.41) is 3.01. The van der Waals surface area contributed by atoms with Crippen LogP contribution >= 0.6 is 11.3 Å². The van der Waals surface area contributed by atoms with Gasteiger partial charge in [0, 0.05) is 19.5 Å². The van der Waals surface area contributed by atoms with E-state index in [4.69, 9.17) is 5.73 Å². The van der Waals surface area contributed by atoms with Crippen LogP contribution in [0.3, 0.4) is 0 Å². The second-order valence-electron chi connectivity index (χ2n) is 9.91. The third-order valence-electron chi connectivity index (χ3n) is 4.99. The summed E-state index contributed by atoms with van der Waals surface area (Å²) < 4.78 is 0. The van der Waals surface area contributed by atoms with Gasteiger partial charge in [0.15, 0.2) is 0 Å². The van der Waals surface area contributed by atoms with Gasteiger partial charge < -0.3 is 16.0 Å². The maximum absolute atomic E-state index is 12.7. The van der Waals surface area contributed by atoms with Crippen LogP contribution in [-0.4, -0.2) is 40.3 Å². The molecule has 3 rings (SSSR count). The van der Waals surface area contributed by atoms with Crippen LogP contribution in [0, 0.1) is 12.3 Å². The van der Waals surface area contributed by atoms with Crippen molar-refractivity contribution in [3.05, 3.63) is 41.0 Å². The summed E-state index contributed by atoms with van der Waals surface area (Å²) >= 11 is 1.63. The third-order valence-corrected chi connectivity index (χ3v) is 5.96. The van der Waals surface area contributed by atoms with Crippen LogP contribution in [0.2, 0.25) is 0 Å². The minimum atomic E-state index is -0.339. The van der Waals surface area contributed by atoms with E-state index in [1.165, 1.54) is 4.88 Å². The van der Waals surface area contributed by atoms with Crippen LogP contribution in [-0.2, 0) is 16.1 Å². The van der Waals surface area contributed by atoms with Crippen molar-refractivity contribution in [2.45, 2.75) is 79.4 Å². The number of benzene rings is 1. The molecule has 1 saturated heterocycles. The quantitative estimate of drug-likeness (QED) is 0.690. The molecule has 2 heterocycles. The van der Waals surface area contributed by atoms with Crippen LogP contribution in [0.4, 0.5) is 0 Å². The molecule has 1 aromatic heterocycles. The highest BCUT2D eigenvalue weighted by Gasteiger charge is 2.35. The molecule has 7 heteroatoms. The molecule has 0 spiro atoms. The number of hydrogen-bond acceptors (Lipinski definition) is 5. The number of aryl methyl sites for hydroxylation is 1. The van der Waals surface area contributed by atoms with E-state index in [0.29, 0.717) is 25.6 Å². The van der Waals surface area contributed by atoms with E-state index in [9.17, 15) is 9.59 Å². The predicted octanol–water partition coefficient (Wildman–Crippen LogP) is 4.52. The van der Waals surface area contributed by atoms with E-state index in [2.05, 4.69) is 22.4 Å². The van der Waals surface area contributed by atoms with Crippen LogP contribution in [0.25, 0.3) is 10.4 Å². The average molecular weight is 459 g/mol. The van der Waals surface area contributed by atoms with Gasteiger partial charge in [-0.3, -0.25) is 9.59 Å². The number of nitrogens with one attached hydrogen (secondary N) is 1. The molecule has 0 aliphatic carbocycles. The van der Waals surface area contributed by atoms with Gasteiger partial charge in [-0.1, -0.05) is 58.9 Å². The summed E-state index contributed by atoms with van der Waals surface area (Å²) in [6, 6.07) is 8.19. The van der Waals surface area contributed by atoms with Crippen molar-refractivity contribution >= 4 is 23.2 Å². The first-order valence-electron chi connectivity index (χ1n) is 11.3. The summed E-state index contributed by atoms with van der Waals surface area (Å²) in [6.07, 6.45) is 2.09. The second-order valence-corrected chi connectivity index (χ2v) is 10.8. The highest BCUT2D eigenvalue weighted by molar-refractivity contribution is 7.13. The molecule has 1 unspecified atom stereocenters. The molecular weight excluding hydrogens is 420 g/mol. The Kier molecular flexibility index (Phi) is 9.40. The summed E-state index contributed by atoms with van der Waals surface area (Å²) in [5.41, 5.74) is 10.1. The van der Waals surface area contributed by atoms with Gasteiger partial charge >= 0.3 is 0 Å². The topological polar surface area (TPSA) is 88.3 Å². The molecule has 1 atom stereocenters. The molecule has 32 heavy (non-hydrogen) atoms. The van der Waals surface area contributed by atoms with E-state index >= 15 is 0 Å². The Bertz CT molecular complexity index is 881. The summed E-state index contributed by atoms with van der Waals surface area (Å²) in [6.45, 7) is 13.2. The molecule has 2 aromatic rings. The molecule has 176 valence electrons. The molecule has 2 amide bonds. The molecule has 1 aliphatic heterocycles. The standard InChI is InChI=1S/C22H29N3O2S.C3H9N/c1-15-20(28-14-24-15)17-9-7-16(8-10-17)13-23-21(27)18-6-5-11-25(18)19(26)12-22(2,3)4;1-3(2)4/h7-10,14,18H,5-6,11-13H2,1-4H3,(H,23,27);3H,4H2,1-2H3. The predicted molar refractivity (Wildman–Crippen MR) is 132 cm³/mol. The Hall–Kier alpha value is -2.25. The van der Waals surface area contributed by atoms with Gasteiger partial charge in [-0.05, 0) is 42.3 Å². The molecule has 3 N–H and O–H groups in total. The van der Waals surface area contributed by atoms with Crippen molar-refractivity contribution in [1.29, 1.82) is 0 Å². The first kappa shape index (κ1) is 26.0. The van der Waals surface area contributed by atoms with Crippen LogP contribution < -0.4 is 11.1 Å². The zero-order chi connectivity index (χ0) is 23.9. The minimum Gasteiger partial charge on any atom is -0.350 e. The van der Waals surface area contributed by atoms with E-state index in [1.54, 1.807) is 16.2 Å². The van der Waals surface area contributed by atoms with Crippen molar-refractivity contribution in [3.8, 4) is 10.4 Å². The van der Waals surface area contributed by atoms with E-state index in [-0.39, 0.29) is 23.3 Å². The summed E-state index contributed by atoms with van der Waals surface area (Å²) in [7, 11) is 0. The van der Waals surface area contributed by atoms with Gasteiger partial charge in [0.1, 0.15) is 6.04 Å².